The van der Waals surface area contributed by atoms with Gasteiger partial charge in [-0.15, -0.1) is 11.8 Å². The highest BCUT2D eigenvalue weighted by atomic mass is 32.2. The van der Waals surface area contributed by atoms with E-state index in [9.17, 15) is 14.0 Å². The summed E-state index contributed by atoms with van der Waals surface area (Å²) in [7, 11) is 0. The number of rotatable bonds is 6. The molecule has 148 valence electrons. The molecular formula is C20H28FN3O2S. The smallest absolute Gasteiger partial charge is 0.315 e. The van der Waals surface area contributed by atoms with E-state index in [2.05, 4.69) is 16.0 Å². The van der Waals surface area contributed by atoms with Crippen molar-refractivity contribution in [2.24, 2.45) is 0 Å². The molecule has 1 heterocycles. The number of carbonyl (C=O) groups excluding carboxylic acids is 2. The van der Waals surface area contributed by atoms with E-state index >= 15 is 0 Å². The van der Waals surface area contributed by atoms with E-state index in [-0.39, 0.29) is 29.8 Å². The summed E-state index contributed by atoms with van der Waals surface area (Å²) >= 11 is 1.69. The first kappa shape index (κ1) is 20.0. The molecule has 3 amide bonds. The zero-order valence-electron chi connectivity index (χ0n) is 15.6. The Kier molecular flexibility index (Phi) is 7.38. The van der Waals surface area contributed by atoms with Gasteiger partial charge >= 0.3 is 6.03 Å². The number of amides is 3. The summed E-state index contributed by atoms with van der Waals surface area (Å²) in [6.07, 6.45) is 7.45. The van der Waals surface area contributed by atoms with Gasteiger partial charge in [0.15, 0.2) is 0 Å². The molecular weight excluding hydrogens is 365 g/mol. The van der Waals surface area contributed by atoms with Crippen molar-refractivity contribution in [2.45, 2.75) is 68.3 Å². The molecule has 1 fully saturated rings. The lowest BCUT2D eigenvalue weighted by atomic mass is 9.96. The van der Waals surface area contributed by atoms with Crippen LogP contribution < -0.4 is 16.0 Å². The van der Waals surface area contributed by atoms with Gasteiger partial charge in [0.05, 0.1) is 6.04 Å². The van der Waals surface area contributed by atoms with Crippen LogP contribution in [-0.4, -0.2) is 30.3 Å². The summed E-state index contributed by atoms with van der Waals surface area (Å²) in [5.41, 5.74) is 0.865. The fourth-order valence-electron chi connectivity index (χ4n) is 3.72. The monoisotopic (exact) mass is 393 g/mol. The maximum Gasteiger partial charge on any atom is 0.315 e. The van der Waals surface area contributed by atoms with Crippen LogP contribution in [-0.2, 0) is 4.79 Å². The Bertz CT molecular complexity index is 665. The van der Waals surface area contributed by atoms with Crippen molar-refractivity contribution in [1.29, 1.82) is 0 Å². The van der Waals surface area contributed by atoms with Crippen LogP contribution in [0.15, 0.2) is 23.1 Å². The Balaban J connectivity index is 1.35. The van der Waals surface area contributed by atoms with E-state index in [4.69, 9.17) is 0 Å². The van der Waals surface area contributed by atoms with E-state index in [1.54, 1.807) is 17.8 Å². The molecule has 0 aromatic heterocycles. The molecule has 2 aliphatic rings. The molecule has 3 rings (SSSR count). The third-order valence-corrected chi connectivity index (χ3v) is 6.28. The minimum atomic E-state index is -0.274. The summed E-state index contributed by atoms with van der Waals surface area (Å²) in [4.78, 5) is 25.1. The van der Waals surface area contributed by atoms with E-state index in [1.165, 1.54) is 31.4 Å². The topological polar surface area (TPSA) is 70.2 Å². The second-order valence-electron chi connectivity index (χ2n) is 7.28. The first-order valence-corrected chi connectivity index (χ1v) is 10.9. The van der Waals surface area contributed by atoms with Crippen molar-refractivity contribution in [1.82, 2.24) is 16.0 Å². The predicted octanol–water partition coefficient (Wildman–Crippen LogP) is 3.89. The van der Waals surface area contributed by atoms with Crippen molar-refractivity contribution in [3.63, 3.8) is 0 Å². The second kappa shape index (κ2) is 9.97. The van der Waals surface area contributed by atoms with Crippen LogP contribution >= 0.6 is 11.8 Å². The lowest BCUT2D eigenvalue weighted by molar-refractivity contribution is -0.122. The molecule has 7 heteroatoms. The van der Waals surface area contributed by atoms with E-state index < -0.39 is 0 Å². The summed E-state index contributed by atoms with van der Waals surface area (Å²) in [5, 5.41) is 8.84. The normalized spacial score (nSPS) is 19.8. The summed E-state index contributed by atoms with van der Waals surface area (Å²) < 4.78 is 13.5. The average molecular weight is 394 g/mol. The summed E-state index contributed by atoms with van der Waals surface area (Å²) in [6, 6.07) is 4.77. The minimum Gasteiger partial charge on any atom is -0.349 e. The minimum absolute atomic E-state index is 0.0587. The first-order chi connectivity index (χ1) is 13.1. The lowest BCUT2D eigenvalue weighted by Crippen LogP contribution is -2.43. The van der Waals surface area contributed by atoms with Crippen LogP contribution in [0.3, 0.4) is 0 Å². The average Bonchev–Trinajstić information content (AvgIpc) is 2.66. The fraction of sp³-hybridized carbons (Fsp3) is 0.600. The molecule has 5 nitrogen and oxygen atoms in total. The largest absolute Gasteiger partial charge is 0.349 e. The fourth-order valence-corrected chi connectivity index (χ4v) is 4.82. The van der Waals surface area contributed by atoms with Crippen LogP contribution in [0, 0.1) is 5.82 Å². The van der Waals surface area contributed by atoms with Gasteiger partial charge in [-0.25, -0.2) is 9.18 Å². The van der Waals surface area contributed by atoms with E-state index in [0.29, 0.717) is 19.4 Å². The second-order valence-corrected chi connectivity index (χ2v) is 8.41. The SMILES string of the molecule is O=C(CCCNC(=O)NC1CCCCC1)N[C@H]1CCSc2ccc(F)cc21. The van der Waals surface area contributed by atoms with Gasteiger partial charge in [0.1, 0.15) is 5.82 Å². The standard InChI is InChI=1S/C20H28FN3O2S/c21-14-8-9-18-16(13-14)17(10-12-27-18)24-19(25)7-4-11-22-20(26)23-15-5-2-1-3-6-15/h8-9,13,15,17H,1-7,10-12H2,(H,24,25)(H2,22,23,26)/t17-/m0/s1. The summed E-state index contributed by atoms with van der Waals surface area (Å²) in [5.74, 6) is 0.576. The molecule has 0 spiro atoms. The number of benzene rings is 1. The number of nitrogens with one attached hydrogen (secondary N) is 3. The van der Waals surface area contributed by atoms with Crippen molar-refractivity contribution in [3.05, 3.63) is 29.6 Å². The third-order valence-electron chi connectivity index (χ3n) is 5.15. The molecule has 1 aromatic rings. The van der Waals surface area contributed by atoms with Crippen LogP contribution in [0.2, 0.25) is 0 Å². The maximum atomic E-state index is 13.5. The highest BCUT2D eigenvalue weighted by molar-refractivity contribution is 7.99. The molecule has 1 aliphatic heterocycles. The van der Waals surface area contributed by atoms with Crippen LogP contribution in [0.25, 0.3) is 0 Å². The quantitative estimate of drug-likeness (QED) is 0.642. The van der Waals surface area contributed by atoms with Gasteiger partial charge in [-0.1, -0.05) is 19.3 Å². The molecule has 1 aliphatic carbocycles. The van der Waals surface area contributed by atoms with Crippen molar-refractivity contribution in [3.8, 4) is 0 Å². The Morgan fingerprint density at radius 2 is 1.93 bits per heavy atom. The third kappa shape index (κ3) is 6.13. The first-order valence-electron chi connectivity index (χ1n) is 9.88. The van der Waals surface area contributed by atoms with Crippen LogP contribution in [0.4, 0.5) is 9.18 Å². The van der Waals surface area contributed by atoms with Gasteiger partial charge in [-0.2, -0.15) is 0 Å². The molecule has 0 saturated heterocycles. The molecule has 1 saturated carbocycles. The number of carbonyl (C=O) groups is 2. The van der Waals surface area contributed by atoms with Gasteiger partial charge in [0.25, 0.3) is 0 Å². The lowest BCUT2D eigenvalue weighted by Gasteiger charge is -2.26. The van der Waals surface area contributed by atoms with E-state index in [1.807, 2.05) is 0 Å². The van der Waals surface area contributed by atoms with E-state index in [0.717, 1.165) is 35.5 Å². The molecule has 3 N–H and O–H groups in total. The Labute approximate surface area is 164 Å². The van der Waals surface area contributed by atoms with Crippen molar-refractivity contribution >= 4 is 23.7 Å². The Morgan fingerprint density at radius 3 is 2.74 bits per heavy atom. The predicted molar refractivity (Wildman–Crippen MR) is 105 cm³/mol. The van der Waals surface area contributed by atoms with Gasteiger partial charge in [-0.3, -0.25) is 4.79 Å². The number of halogens is 1. The molecule has 1 aromatic carbocycles. The molecule has 27 heavy (non-hydrogen) atoms. The van der Waals surface area contributed by atoms with Gasteiger partial charge < -0.3 is 16.0 Å². The number of thioether (sulfide) groups is 1. The highest BCUT2D eigenvalue weighted by Gasteiger charge is 2.22. The van der Waals surface area contributed by atoms with Gasteiger partial charge in [0.2, 0.25) is 5.91 Å². The molecule has 0 bridgehead atoms. The maximum absolute atomic E-state index is 13.5. The van der Waals surface area contributed by atoms with Crippen molar-refractivity contribution < 1.29 is 14.0 Å². The zero-order chi connectivity index (χ0) is 19.1. The Hall–Kier alpha value is -1.76. The number of fused-ring (bicyclic) bond motifs is 1. The molecule has 1 atom stereocenters. The van der Waals surface area contributed by atoms with Gasteiger partial charge in [-0.05, 0) is 49.4 Å². The Morgan fingerprint density at radius 1 is 1.11 bits per heavy atom. The van der Waals surface area contributed by atoms with Crippen LogP contribution in [0.5, 0.6) is 0 Å². The highest BCUT2D eigenvalue weighted by Crippen LogP contribution is 2.36. The number of hydrogen-bond acceptors (Lipinski definition) is 3. The number of hydrogen-bond donors (Lipinski definition) is 3. The molecule has 0 unspecified atom stereocenters. The number of urea groups is 1. The van der Waals surface area contributed by atoms with Crippen molar-refractivity contribution in [2.75, 3.05) is 12.3 Å². The zero-order valence-corrected chi connectivity index (χ0v) is 16.4. The van der Waals surface area contributed by atoms with Gasteiger partial charge in [0, 0.05) is 29.7 Å². The summed E-state index contributed by atoms with van der Waals surface area (Å²) in [6.45, 7) is 0.470. The molecule has 0 radical (unpaired) electrons. The van der Waals surface area contributed by atoms with Crippen LogP contribution in [0.1, 0.15) is 63.0 Å².